The minimum Gasteiger partial charge on any atom is -0.385 e. The Kier molecular flexibility index (Phi) is 8.38. The van der Waals surface area contributed by atoms with Crippen LogP contribution in [0.15, 0.2) is 84.9 Å². The lowest BCUT2D eigenvalue weighted by atomic mass is 9.88. The van der Waals surface area contributed by atoms with Gasteiger partial charge in [-0.2, -0.15) is 0 Å². The zero-order valence-corrected chi connectivity index (χ0v) is 17.7. The smallest absolute Gasteiger partial charge is 0.253 e. The molecule has 2 amide bonds. The van der Waals surface area contributed by atoms with Gasteiger partial charge in [-0.3, -0.25) is 9.59 Å². The number of nitrogens with one attached hydrogen (secondary N) is 2. The summed E-state index contributed by atoms with van der Waals surface area (Å²) in [5.41, 5.74) is 3.11. The Bertz CT molecular complexity index is 935. The van der Waals surface area contributed by atoms with Crippen LogP contribution in [0.1, 0.15) is 40.2 Å². The topological polar surface area (TPSA) is 67.4 Å². The maximum absolute atomic E-state index is 13.0. The molecule has 3 rings (SSSR count). The van der Waals surface area contributed by atoms with Crippen LogP contribution in [0.4, 0.5) is 5.69 Å². The normalized spacial score (nSPS) is 10.6. The van der Waals surface area contributed by atoms with Crippen LogP contribution in [-0.4, -0.2) is 32.1 Å². The monoisotopic (exact) mass is 416 g/mol. The van der Waals surface area contributed by atoms with Gasteiger partial charge in [0.1, 0.15) is 0 Å². The van der Waals surface area contributed by atoms with E-state index in [-0.39, 0.29) is 24.2 Å². The predicted octanol–water partition coefficient (Wildman–Crippen LogP) is 4.61. The first-order chi connectivity index (χ1) is 15.2. The zero-order chi connectivity index (χ0) is 21.9. The van der Waals surface area contributed by atoms with E-state index in [1.165, 1.54) is 0 Å². The summed E-state index contributed by atoms with van der Waals surface area (Å²) in [6, 6.07) is 27.0. The Balaban J connectivity index is 1.73. The summed E-state index contributed by atoms with van der Waals surface area (Å²) in [5, 5.41) is 5.81. The molecule has 0 spiro atoms. The molecule has 0 atom stereocenters. The van der Waals surface area contributed by atoms with Gasteiger partial charge in [0.15, 0.2) is 0 Å². The number of hydrogen-bond acceptors (Lipinski definition) is 3. The molecule has 0 bridgehead atoms. The highest BCUT2D eigenvalue weighted by molar-refractivity contribution is 6.03. The fraction of sp³-hybridized carbons (Fsp3) is 0.231. The second kappa shape index (κ2) is 11.7. The van der Waals surface area contributed by atoms with E-state index in [1.807, 2.05) is 66.7 Å². The molecule has 2 N–H and O–H groups in total. The lowest BCUT2D eigenvalue weighted by Gasteiger charge is -2.18. The van der Waals surface area contributed by atoms with E-state index in [0.29, 0.717) is 24.4 Å². The first-order valence-electron chi connectivity index (χ1n) is 10.4. The molecule has 3 aromatic rings. The van der Waals surface area contributed by atoms with Gasteiger partial charge in [0, 0.05) is 32.6 Å². The van der Waals surface area contributed by atoms with Gasteiger partial charge >= 0.3 is 0 Å². The summed E-state index contributed by atoms with van der Waals surface area (Å²) in [4.78, 5) is 25.6. The number of anilines is 1. The Morgan fingerprint density at radius 1 is 0.839 bits per heavy atom. The number of rotatable bonds is 10. The van der Waals surface area contributed by atoms with Crippen molar-refractivity contribution >= 4 is 17.5 Å². The van der Waals surface area contributed by atoms with Crippen LogP contribution in [0.2, 0.25) is 0 Å². The van der Waals surface area contributed by atoms with Crippen molar-refractivity contribution in [3.63, 3.8) is 0 Å². The predicted molar refractivity (Wildman–Crippen MR) is 123 cm³/mol. The summed E-state index contributed by atoms with van der Waals surface area (Å²) in [6.45, 7) is 1.10. The standard InChI is InChI=1S/C26H28N2O3/c1-31-18-10-17-27-26(30)22-15-8-9-16-24(22)28-25(29)19-23(20-11-4-2-5-12-20)21-13-6-3-7-14-21/h2-9,11-16,23H,10,17-19H2,1H3,(H,27,30)(H,28,29). The summed E-state index contributed by atoms with van der Waals surface area (Å²) in [7, 11) is 1.63. The molecule has 0 unspecified atom stereocenters. The lowest BCUT2D eigenvalue weighted by molar-refractivity contribution is -0.116. The van der Waals surface area contributed by atoms with Gasteiger partial charge in [-0.15, -0.1) is 0 Å². The second-order valence-corrected chi connectivity index (χ2v) is 7.27. The van der Waals surface area contributed by atoms with Crippen LogP contribution < -0.4 is 10.6 Å². The van der Waals surface area contributed by atoms with Crippen molar-refractivity contribution in [1.29, 1.82) is 0 Å². The van der Waals surface area contributed by atoms with E-state index in [9.17, 15) is 9.59 Å². The third-order valence-electron chi connectivity index (χ3n) is 5.05. The van der Waals surface area contributed by atoms with Gasteiger partial charge in [-0.25, -0.2) is 0 Å². The minimum absolute atomic E-state index is 0.0718. The quantitative estimate of drug-likeness (QED) is 0.474. The molecular formula is C26H28N2O3. The van der Waals surface area contributed by atoms with Gasteiger partial charge in [0.25, 0.3) is 5.91 Å². The molecule has 0 saturated carbocycles. The van der Waals surface area contributed by atoms with Crippen molar-refractivity contribution in [1.82, 2.24) is 5.32 Å². The third-order valence-corrected chi connectivity index (χ3v) is 5.05. The molecule has 0 aliphatic carbocycles. The van der Waals surface area contributed by atoms with Crippen molar-refractivity contribution in [2.45, 2.75) is 18.8 Å². The van der Waals surface area contributed by atoms with E-state index in [0.717, 1.165) is 17.5 Å². The highest BCUT2D eigenvalue weighted by atomic mass is 16.5. The van der Waals surface area contributed by atoms with Gasteiger partial charge in [-0.1, -0.05) is 72.8 Å². The molecule has 0 aliphatic heterocycles. The van der Waals surface area contributed by atoms with Gasteiger partial charge in [0.2, 0.25) is 5.91 Å². The van der Waals surface area contributed by atoms with Crippen LogP contribution in [-0.2, 0) is 9.53 Å². The van der Waals surface area contributed by atoms with E-state index in [1.54, 1.807) is 25.3 Å². The average molecular weight is 417 g/mol. The maximum atomic E-state index is 13.0. The highest BCUT2D eigenvalue weighted by Crippen LogP contribution is 2.28. The number of methoxy groups -OCH3 is 1. The largest absolute Gasteiger partial charge is 0.385 e. The van der Waals surface area contributed by atoms with Gasteiger partial charge in [0.05, 0.1) is 11.3 Å². The number of carbonyl (C=O) groups is 2. The Labute approximate surface area is 183 Å². The van der Waals surface area contributed by atoms with Crippen molar-refractivity contribution in [2.24, 2.45) is 0 Å². The van der Waals surface area contributed by atoms with Crippen LogP contribution in [0.25, 0.3) is 0 Å². The number of ether oxygens (including phenoxy) is 1. The van der Waals surface area contributed by atoms with Crippen LogP contribution >= 0.6 is 0 Å². The summed E-state index contributed by atoms with van der Waals surface area (Å²) < 4.78 is 5.01. The van der Waals surface area contributed by atoms with Gasteiger partial charge < -0.3 is 15.4 Å². The molecule has 5 heteroatoms. The molecule has 0 radical (unpaired) electrons. The lowest BCUT2D eigenvalue weighted by Crippen LogP contribution is -2.27. The molecule has 0 saturated heterocycles. The number of amides is 2. The fourth-order valence-corrected chi connectivity index (χ4v) is 3.49. The van der Waals surface area contributed by atoms with Crippen LogP contribution in [0.5, 0.6) is 0 Å². The van der Waals surface area contributed by atoms with Crippen molar-refractivity contribution in [3.8, 4) is 0 Å². The Morgan fingerprint density at radius 2 is 1.42 bits per heavy atom. The molecule has 5 nitrogen and oxygen atoms in total. The number of hydrogen-bond donors (Lipinski definition) is 2. The number of para-hydroxylation sites is 1. The molecule has 0 heterocycles. The van der Waals surface area contributed by atoms with Crippen molar-refractivity contribution < 1.29 is 14.3 Å². The first-order valence-corrected chi connectivity index (χ1v) is 10.4. The van der Waals surface area contributed by atoms with Crippen molar-refractivity contribution in [2.75, 3.05) is 25.6 Å². The van der Waals surface area contributed by atoms with E-state index in [4.69, 9.17) is 4.74 Å². The summed E-state index contributed by atoms with van der Waals surface area (Å²) in [6.07, 6.45) is 1.00. The minimum atomic E-state index is -0.213. The Morgan fingerprint density at radius 3 is 2.03 bits per heavy atom. The average Bonchev–Trinajstić information content (AvgIpc) is 2.81. The fourth-order valence-electron chi connectivity index (χ4n) is 3.49. The highest BCUT2D eigenvalue weighted by Gasteiger charge is 2.19. The molecule has 0 aliphatic rings. The van der Waals surface area contributed by atoms with Crippen LogP contribution in [0.3, 0.4) is 0 Å². The maximum Gasteiger partial charge on any atom is 0.253 e. The third kappa shape index (κ3) is 6.52. The molecule has 3 aromatic carbocycles. The van der Waals surface area contributed by atoms with Crippen molar-refractivity contribution in [3.05, 3.63) is 102 Å². The first kappa shape index (κ1) is 22.2. The molecule has 0 aromatic heterocycles. The number of carbonyl (C=O) groups excluding carboxylic acids is 2. The van der Waals surface area contributed by atoms with E-state index >= 15 is 0 Å². The zero-order valence-electron chi connectivity index (χ0n) is 17.7. The van der Waals surface area contributed by atoms with Gasteiger partial charge in [-0.05, 0) is 29.7 Å². The molecule has 31 heavy (non-hydrogen) atoms. The van der Waals surface area contributed by atoms with E-state index in [2.05, 4.69) is 10.6 Å². The van der Waals surface area contributed by atoms with E-state index < -0.39 is 0 Å². The molecule has 160 valence electrons. The summed E-state index contributed by atoms with van der Waals surface area (Å²) >= 11 is 0. The number of benzene rings is 3. The SMILES string of the molecule is COCCCNC(=O)c1ccccc1NC(=O)CC(c1ccccc1)c1ccccc1. The molecular weight excluding hydrogens is 388 g/mol. The Hall–Kier alpha value is -3.44. The van der Waals surface area contributed by atoms with Crippen LogP contribution in [0, 0.1) is 0 Å². The summed E-state index contributed by atoms with van der Waals surface area (Å²) in [5.74, 6) is -0.426. The second-order valence-electron chi connectivity index (χ2n) is 7.27. The molecule has 0 fully saturated rings.